The Kier molecular flexibility index (Phi) is 19.1. The highest BCUT2D eigenvalue weighted by molar-refractivity contribution is 7.85. The molecule has 3 rings (SSSR count). The quantitative estimate of drug-likeness (QED) is 0.137. The second-order valence-electron chi connectivity index (χ2n) is 8.34. The first-order valence-electron chi connectivity index (χ1n) is 11.1. The highest BCUT2D eigenvalue weighted by Gasteiger charge is 2.17. The van der Waals surface area contributed by atoms with E-state index in [1.807, 2.05) is 0 Å². The molecule has 0 heterocycles. The van der Waals surface area contributed by atoms with E-state index in [1.54, 1.807) is 0 Å². The van der Waals surface area contributed by atoms with Crippen molar-refractivity contribution in [2.45, 2.75) is 77.0 Å². The van der Waals surface area contributed by atoms with Gasteiger partial charge in [0.1, 0.15) is 0 Å². The van der Waals surface area contributed by atoms with Gasteiger partial charge < -0.3 is 10.00 Å². The molecule has 188 valence electrons. The average molecular weight is 491 g/mol. The van der Waals surface area contributed by atoms with Crippen molar-refractivity contribution in [3.63, 3.8) is 0 Å². The maximum atomic E-state index is 10.6. The Morgan fingerprint density at radius 3 is 1.68 bits per heavy atom. The lowest BCUT2D eigenvalue weighted by molar-refractivity contribution is -0.244. The van der Waals surface area contributed by atoms with E-state index >= 15 is 0 Å². The summed E-state index contributed by atoms with van der Waals surface area (Å²) in [6.45, 7) is 1.82. The van der Waals surface area contributed by atoms with E-state index in [9.17, 15) is 8.42 Å². The molecule has 0 saturated heterocycles. The molecule has 5 N–H and O–H groups in total. The summed E-state index contributed by atoms with van der Waals surface area (Å²) < 4.78 is 37.5. The lowest BCUT2D eigenvalue weighted by atomic mass is 10.1. The first-order valence-corrected chi connectivity index (χ1v) is 14.0. The number of hydrazine groups is 1. The molecule has 0 radical (unpaired) electrons. The Morgan fingerprint density at radius 2 is 1.39 bits per heavy atom. The average Bonchev–Trinajstić information content (AvgIpc) is 3.51. The fourth-order valence-corrected chi connectivity index (χ4v) is 4.41. The molecule has 0 aromatic heterocycles. The maximum absolute atomic E-state index is 10.6. The molecule has 0 aliphatic heterocycles. The zero-order chi connectivity index (χ0) is 23.5. The summed E-state index contributed by atoms with van der Waals surface area (Å²) in [6, 6.07) is 0. The Hall–Kier alpha value is -0.230. The van der Waals surface area contributed by atoms with Gasteiger partial charge in [0, 0.05) is 19.3 Å². The van der Waals surface area contributed by atoms with Gasteiger partial charge in [0.15, 0.2) is 0 Å². The van der Waals surface area contributed by atoms with Gasteiger partial charge in [0.25, 0.3) is 10.1 Å². The van der Waals surface area contributed by atoms with Crippen LogP contribution in [0.4, 0.5) is 0 Å². The van der Waals surface area contributed by atoms with Gasteiger partial charge >= 0.3 is 8.25 Å². The summed E-state index contributed by atoms with van der Waals surface area (Å²) in [5.41, 5.74) is 2.71. The van der Waals surface area contributed by atoms with Crippen LogP contribution in [0.5, 0.6) is 0 Å². The highest BCUT2D eigenvalue weighted by Crippen LogP contribution is 2.25. The molecule has 0 aromatic carbocycles. The van der Waals surface area contributed by atoms with Gasteiger partial charge in [-0.3, -0.25) is 15.5 Å². The predicted octanol–water partition coefficient (Wildman–Crippen LogP) is 2.70. The zero-order valence-corrected chi connectivity index (χ0v) is 20.3. The molecule has 10 nitrogen and oxygen atoms in total. The summed E-state index contributed by atoms with van der Waals surface area (Å²) in [5, 5.41) is 15.6. The lowest BCUT2D eigenvalue weighted by Gasteiger charge is -2.06. The third-order valence-electron chi connectivity index (χ3n) is 5.67. The van der Waals surface area contributed by atoms with E-state index in [2.05, 4.69) is 14.3 Å². The van der Waals surface area contributed by atoms with Crippen LogP contribution in [0.2, 0.25) is 0 Å². The summed E-state index contributed by atoms with van der Waals surface area (Å²) in [5.74, 6) is 7.16. The van der Waals surface area contributed by atoms with Crippen molar-refractivity contribution in [3.8, 4) is 0 Å². The molecule has 0 bridgehead atoms. The summed E-state index contributed by atoms with van der Waals surface area (Å²) >= 11 is 0. The number of aliphatic hydroxyl groups is 1. The number of rotatable bonds is 7. The molecule has 3 saturated carbocycles. The van der Waals surface area contributed by atoms with Crippen LogP contribution in [0.3, 0.4) is 0 Å². The number of nitrogens with one attached hydrogen (secondary N) is 1. The standard InChI is InChI=1S/C7H14O3S.C6H14N2.C6H12O.HO4P.H2/c1-11(8,9)10-6-7-4-2-3-5-7;7-8-5-6-3-1-2-4-6;7-5-6-3-1-2-4-6;1-4-5(2)3;/h7H,2-6H2,1H3;6,8H,1-5,7H2;6-7H,1-5H2;1H;1H. The van der Waals surface area contributed by atoms with Crippen molar-refractivity contribution in [2.75, 3.05) is 26.0 Å². The molecular weight excluding hydrogens is 447 g/mol. The topological polar surface area (TPSA) is 171 Å². The van der Waals surface area contributed by atoms with E-state index in [-0.39, 0.29) is 1.43 Å². The third kappa shape index (κ3) is 20.1. The Bertz CT molecular complexity index is 541. The normalized spacial score (nSPS) is 20.2. The van der Waals surface area contributed by atoms with E-state index in [1.165, 1.54) is 64.2 Å². The maximum Gasteiger partial charge on any atom is 0.521 e. The third-order valence-corrected chi connectivity index (χ3v) is 6.37. The smallest absolute Gasteiger partial charge is 0.521 e. The molecule has 1 unspecified atom stereocenters. The molecule has 1 atom stereocenters. The number of aliphatic hydroxyl groups excluding tert-OH is 1. The SMILES string of the molecule is CS(=O)(=O)OCC1CCCC1.NNCC1CCCC1.O=[P+]([O-])OO.OCC1CCCC1.[HH]. The van der Waals surface area contributed by atoms with Crippen molar-refractivity contribution < 1.29 is 38.5 Å². The fraction of sp³-hybridized carbons (Fsp3) is 1.00. The minimum atomic E-state index is -3.21. The molecular formula is C19H43N2O8PS. The van der Waals surface area contributed by atoms with Crippen molar-refractivity contribution in [1.82, 2.24) is 5.43 Å². The first-order chi connectivity index (χ1) is 14.7. The molecule has 31 heavy (non-hydrogen) atoms. The van der Waals surface area contributed by atoms with Crippen LogP contribution in [-0.2, 0) is 23.5 Å². The second kappa shape index (κ2) is 19.3. The van der Waals surface area contributed by atoms with E-state index in [0.29, 0.717) is 25.0 Å². The Labute approximate surface area is 189 Å². The van der Waals surface area contributed by atoms with Crippen LogP contribution in [0, 0.1) is 17.8 Å². The van der Waals surface area contributed by atoms with Crippen molar-refractivity contribution in [3.05, 3.63) is 0 Å². The minimum absolute atomic E-state index is 0. The Balaban J connectivity index is 0. The number of hydrogen-bond donors (Lipinski definition) is 4. The van der Waals surface area contributed by atoms with Crippen molar-refractivity contribution in [1.29, 1.82) is 0 Å². The van der Waals surface area contributed by atoms with Gasteiger partial charge in [0.2, 0.25) is 0 Å². The minimum Gasteiger partial charge on any atom is -0.565 e. The number of hydrogen-bond acceptors (Lipinski definition) is 10. The van der Waals surface area contributed by atoms with Crippen LogP contribution >= 0.6 is 8.25 Å². The molecule has 0 spiro atoms. The van der Waals surface area contributed by atoms with Gasteiger partial charge in [-0.1, -0.05) is 38.5 Å². The van der Waals surface area contributed by atoms with Gasteiger partial charge in [-0.2, -0.15) is 8.42 Å². The monoisotopic (exact) mass is 490 g/mol. The summed E-state index contributed by atoms with van der Waals surface area (Å²) in [4.78, 5) is 8.93. The van der Waals surface area contributed by atoms with Crippen molar-refractivity contribution in [2.24, 2.45) is 23.6 Å². The lowest BCUT2D eigenvalue weighted by Crippen LogP contribution is -2.27. The van der Waals surface area contributed by atoms with Crippen LogP contribution in [-0.4, -0.2) is 44.8 Å². The molecule has 0 amide bonds. The highest BCUT2D eigenvalue weighted by atomic mass is 32.2. The molecule has 12 heteroatoms. The van der Waals surface area contributed by atoms with Crippen molar-refractivity contribution >= 4 is 18.4 Å². The summed E-state index contributed by atoms with van der Waals surface area (Å²) in [7, 11) is -6.25. The van der Waals surface area contributed by atoms with Crippen LogP contribution < -0.4 is 16.2 Å². The van der Waals surface area contributed by atoms with E-state index < -0.39 is 18.4 Å². The number of nitrogens with two attached hydrogens (primary N) is 1. The van der Waals surface area contributed by atoms with Crippen LogP contribution in [0.1, 0.15) is 78.5 Å². The van der Waals surface area contributed by atoms with E-state index in [4.69, 9.17) is 25.7 Å². The second-order valence-corrected chi connectivity index (χ2v) is 10.6. The van der Waals surface area contributed by atoms with Crippen LogP contribution in [0.25, 0.3) is 0 Å². The Morgan fingerprint density at radius 1 is 1.00 bits per heavy atom. The van der Waals surface area contributed by atoms with Crippen LogP contribution in [0.15, 0.2) is 0 Å². The van der Waals surface area contributed by atoms with E-state index in [0.717, 1.165) is 31.6 Å². The molecule has 3 fully saturated rings. The predicted molar refractivity (Wildman–Crippen MR) is 119 cm³/mol. The zero-order valence-electron chi connectivity index (χ0n) is 18.6. The fourth-order valence-electron chi connectivity index (χ4n) is 3.97. The molecule has 3 aliphatic rings. The first kappa shape index (κ1) is 30.8. The molecule has 3 aliphatic carbocycles. The summed E-state index contributed by atoms with van der Waals surface area (Å²) in [6.07, 6.45) is 16.6. The largest absolute Gasteiger partial charge is 0.565 e. The molecule has 0 aromatic rings. The van der Waals surface area contributed by atoms with Gasteiger partial charge in [0.05, 0.1) is 12.9 Å². The van der Waals surface area contributed by atoms with Gasteiger partial charge in [-0.05, 0) is 60.8 Å². The van der Waals surface area contributed by atoms with Gasteiger partial charge in [-0.15, -0.1) is 0 Å². The van der Waals surface area contributed by atoms with Gasteiger partial charge in [-0.25, -0.2) is 5.26 Å².